The molecule has 4 heteroatoms. The van der Waals surface area contributed by atoms with E-state index < -0.39 is 0 Å². The fraction of sp³-hybridized carbons (Fsp3) is 0.600. The van der Waals surface area contributed by atoms with Gasteiger partial charge in [-0.1, -0.05) is 0 Å². The van der Waals surface area contributed by atoms with Crippen LogP contribution in [0.25, 0.3) is 0 Å². The lowest BCUT2D eigenvalue weighted by atomic mass is 9.53. The molecule has 1 aromatic rings. The lowest BCUT2D eigenvalue weighted by Gasteiger charge is -2.56. The summed E-state index contributed by atoms with van der Waals surface area (Å²) in [5.41, 5.74) is 0.476. The van der Waals surface area contributed by atoms with Crippen molar-refractivity contribution in [3.8, 4) is 0 Å². The second-order valence-electron chi connectivity index (χ2n) is 8.18. The number of amides is 1. The summed E-state index contributed by atoms with van der Waals surface area (Å²) in [6, 6.07) is 5.52. The number of rotatable bonds is 5. The van der Waals surface area contributed by atoms with E-state index in [0.717, 1.165) is 37.0 Å². The Bertz CT molecular complexity index is 617. The monoisotopic (exact) mass is 329 g/mol. The van der Waals surface area contributed by atoms with Crippen LogP contribution in [0.5, 0.6) is 0 Å². The first kappa shape index (κ1) is 15.8. The Kier molecular flexibility index (Phi) is 3.93. The van der Waals surface area contributed by atoms with Gasteiger partial charge < -0.3 is 5.32 Å². The third-order valence-electron chi connectivity index (χ3n) is 6.19. The average molecular weight is 329 g/mol. The van der Waals surface area contributed by atoms with Gasteiger partial charge >= 0.3 is 0 Å². The Labute approximate surface area is 142 Å². The predicted octanol–water partition coefficient (Wildman–Crippen LogP) is 3.87. The second-order valence-corrected chi connectivity index (χ2v) is 8.18. The normalized spacial score (nSPS) is 33.5. The Morgan fingerprint density at radius 1 is 0.958 bits per heavy atom. The van der Waals surface area contributed by atoms with Gasteiger partial charge in [-0.05, 0) is 80.5 Å². The number of nitrogens with one attached hydrogen (secondary N) is 1. The van der Waals surface area contributed by atoms with Crippen molar-refractivity contribution in [3.63, 3.8) is 0 Å². The van der Waals surface area contributed by atoms with Crippen molar-refractivity contribution in [2.24, 2.45) is 17.8 Å². The molecule has 4 aliphatic rings. The summed E-state index contributed by atoms with van der Waals surface area (Å²) >= 11 is 0. The molecule has 0 atom stereocenters. The Morgan fingerprint density at radius 2 is 1.50 bits per heavy atom. The van der Waals surface area contributed by atoms with Crippen molar-refractivity contribution in [1.82, 2.24) is 5.32 Å². The van der Waals surface area contributed by atoms with Crippen LogP contribution < -0.4 is 5.32 Å². The number of carbonyl (C=O) groups excluding carboxylic acids is 2. The molecule has 0 heterocycles. The number of Topliss-reactive ketones (excluding diaryl/α,β-unsaturated/α-hetero) is 1. The van der Waals surface area contributed by atoms with E-state index in [4.69, 9.17) is 0 Å². The van der Waals surface area contributed by atoms with Crippen molar-refractivity contribution < 1.29 is 14.0 Å². The van der Waals surface area contributed by atoms with E-state index in [0.29, 0.717) is 5.56 Å². The standard InChI is InChI=1S/C20H24FNO2/c21-17-3-1-16(2-4-17)18(23)5-6-19(24)22-20-10-13-7-14(11-20)9-15(8-13)12-20/h1-4,13-15H,5-12H2,(H,22,24). The van der Waals surface area contributed by atoms with E-state index in [1.54, 1.807) is 0 Å². The van der Waals surface area contributed by atoms with Crippen molar-refractivity contribution in [2.75, 3.05) is 0 Å². The SMILES string of the molecule is O=C(CCC(=O)c1ccc(F)cc1)NC12CC3CC(CC(C3)C1)C2. The zero-order valence-electron chi connectivity index (χ0n) is 13.9. The third kappa shape index (κ3) is 3.11. The zero-order valence-corrected chi connectivity index (χ0v) is 13.9. The molecule has 4 bridgehead atoms. The molecule has 5 rings (SSSR count). The molecular weight excluding hydrogens is 305 g/mol. The van der Waals surface area contributed by atoms with E-state index in [1.165, 1.54) is 43.5 Å². The van der Waals surface area contributed by atoms with E-state index in [1.807, 2.05) is 0 Å². The molecule has 0 unspecified atom stereocenters. The molecular formula is C20H24FNO2. The van der Waals surface area contributed by atoms with Crippen LogP contribution in [0.1, 0.15) is 61.7 Å². The van der Waals surface area contributed by atoms with Crippen LogP contribution >= 0.6 is 0 Å². The van der Waals surface area contributed by atoms with Gasteiger partial charge in [-0.25, -0.2) is 4.39 Å². The average Bonchev–Trinajstić information content (AvgIpc) is 2.51. The minimum atomic E-state index is -0.355. The van der Waals surface area contributed by atoms with Crippen LogP contribution in [0, 0.1) is 23.6 Å². The maximum absolute atomic E-state index is 12.9. The highest BCUT2D eigenvalue weighted by Crippen LogP contribution is 2.55. The number of halogens is 1. The van der Waals surface area contributed by atoms with Crippen LogP contribution in [-0.4, -0.2) is 17.2 Å². The highest BCUT2D eigenvalue weighted by Gasteiger charge is 2.51. The second kappa shape index (κ2) is 5.98. The lowest BCUT2D eigenvalue weighted by molar-refractivity contribution is -0.126. The highest BCUT2D eigenvalue weighted by molar-refractivity contribution is 5.97. The summed E-state index contributed by atoms with van der Waals surface area (Å²) in [5, 5.41) is 3.29. The molecule has 0 aliphatic heterocycles. The molecule has 0 aromatic heterocycles. The van der Waals surface area contributed by atoms with Gasteiger partial charge in [0.1, 0.15) is 5.82 Å². The molecule has 4 fully saturated rings. The molecule has 1 N–H and O–H groups in total. The van der Waals surface area contributed by atoms with Crippen molar-refractivity contribution in [2.45, 2.75) is 56.9 Å². The van der Waals surface area contributed by atoms with Gasteiger partial charge in [0.15, 0.2) is 5.78 Å². The summed E-state index contributed by atoms with van der Waals surface area (Å²) < 4.78 is 12.9. The van der Waals surface area contributed by atoms with Crippen LogP contribution in [-0.2, 0) is 4.79 Å². The molecule has 128 valence electrons. The van der Waals surface area contributed by atoms with E-state index >= 15 is 0 Å². The van der Waals surface area contributed by atoms with E-state index in [9.17, 15) is 14.0 Å². The number of benzene rings is 1. The highest BCUT2D eigenvalue weighted by atomic mass is 19.1. The number of carbonyl (C=O) groups is 2. The quantitative estimate of drug-likeness (QED) is 0.834. The molecule has 1 aromatic carbocycles. The van der Waals surface area contributed by atoms with Crippen molar-refractivity contribution in [3.05, 3.63) is 35.6 Å². The maximum Gasteiger partial charge on any atom is 0.220 e. The van der Waals surface area contributed by atoms with Gasteiger partial charge in [-0.2, -0.15) is 0 Å². The van der Waals surface area contributed by atoms with Crippen LogP contribution in [0.4, 0.5) is 4.39 Å². The van der Waals surface area contributed by atoms with Gasteiger partial charge in [0.05, 0.1) is 0 Å². The fourth-order valence-electron chi connectivity index (χ4n) is 5.63. The number of hydrogen-bond acceptors (Lipinski definition) is 2. The summed E-state index contributed by atoms with van der Waals surface area (Å²) in [5.74, 6) is 1.90. The first-order valence-corrected chi connectivity index (χ1v) is 9.11. The minimum Gasteiger partial charge on any atom is -0.351 e. The first-order chi connectivity index (χ1) is 11.5. The smallest absolute Gasteiger partial charge is 0.220 e. The fourth-order valence-corrected chi connectivity index (χ4v) is 5.63. The molecule has 24 heavy (non-hydrogen) atoms. The molecule has 0 saturated heterocycles. The third-order valence-corrected chi connectivity index (χ3v) is 6.19. The zero-order chi connectivity index (χ0) is 16.7. The van der Waals surface area contributed by atoms with Gasteiger partial charge in [-0.15, -0.1) is 0 Å². The molecule has 3 nitrogen and oxygen atoms in total. The molecule has 4 aliphatic carbocycles. The lowest BCUT2D eigenvalue weighted by Crippen LogP contribution is -2.59. The number of hydrogen-bond donors (Lipinski definition) is 1. The molecule has 4 saturated carbocycles. The number of ketones is 1. The maximum atomic E-state index is 12.9. The van der Waals surface area contributed by atoms with Gasteiger partial charge in [0.25, 0.3) is 0 Å². The Morgan fingerprint density at radius 3 is 2.04 bits per heavy atom. The molecule has 1 amide bonds. The van der Waals surface area contributed by atoms with Crippen LogP contribution in [0.3, 0.4) is 0 Å². The summed E-state index contributed by atoms with van der Waals surface area (Å²) in [4.78, 5) is 24.5. The van der Waals surface area contributed by atoms with Crippen molar-refractivity contribution in [1.29, 1.82) is 0 Å². The topological polar surface area (TPSA) is 46.2 Å². The predicted molar refractivity (Wildman–Crippen MR) is 89.0 cm³/mol. The van der Waals surface area contributed by atoms with Crippen LogP contribution in [0.15, 0.2) is 24.3 Å². The first-order valence-electron chi connectivity index (χ1n) is 9.11. The van der Waals surface area contributed by atoms with E-state index in [-0.39, 0.29) is 35.9 Å². The summed E-state index contributed by atoms with van der Waals surface area (Å²) in [7, 11) is 0. The summed E-state index contributed by atoms with van der Waals surface area (Å²) in [6.45, 7) is 0. The van der Waals surface area contributed by atoms with Gasteiger partial charge in [0, 0.05) is 23.9 Å². The van der Waals surface area contributed by atoms with E-state index in [2.05, 4.69) is 5.32 Å². The van der Waals surface area contributed by atoms with Crippen LogP contribution in [0.2, 0.25) is 0 Å². The summed E-state index contributed by atoms with van der Waals surface area (Å²) in [6.07, 6.45) is 7.81. The largest absolute Gasteiger partial charge is 0.351 e. The van der Waals surface area contributed by atoms with Crippen molar-refractivity contribution >= 4 is 11.7 Å². The molecule has 0 radical (unpaired) electrons. The van der Waals surface area contributed by atoms with Gasteiger partial charge in [-0.3, -0.25) is 9.59 Å². The Balaban J connectivity index is 1.32. The Hall–Kier alpha value is -1.71. The molecule has 0 spiro atoms. The van der Waals surface area contributed by atoms with Gasteiger partial charge in [0.2, 0.25) is 5.91 Å². The minimum absolute atomic E-state index is 0.00472.